The lowest BCUT2D eigenvalue weighted by Crippen LogP contribution is -2.59. The van der Waals surface area contributed by atoms with Crippen molar-refractivity contribution in [3.8, 4) is 0 Å². The Morgan fingerprint density at radius 3 is 1.79 bits per heavy atom. The highest BCUT2D eigenvalue weighted by Gasteiger charge is 2.44. The average Bonchev–Trinajstić information content (AvgIpc) is 1.07. The molecule has 32 heteroatoms. The summed E-state index contributed by atoms with van der Waals surface area (Å²) in [6.45, 7) is 18.9. The van der Waals surface area contributed by atoms with Crippen molar-refractivity contribution in [2.75, 3.05) is 134 Å². The maximum atomic E-state index is 14.7. The Bertz CT molecular complexity index is 3530. The fourth-order valence-electron chi connectivity index (χ4n) is 14.0. The fourth-order valence-corrected chi connectivity index (χ4v) is 14.2. The smallest absolute Gasteiger partial charge is 0.312 e. The normalized spacial score (nSPS) is 15.5. The minimum absolute atomic E-state index is 0.00641. The van der Waals surface area contributed by atoms with E-state index in [2.05, 4.69) is 74.4 Å². The fraction of sp³-hybridized carbons (Fsp3) is 0.634. The van der Waals surface area contributed by atoms with Crippen molar-refractivity contribution in [2.24, 2.45) is 41.2 Å². The first-order valence-corrected chi connectivity index (χ1v) is 41.7. The van der Waals surface area contributed by atoms with E-state index >= 15 is 0 Å². The van der Waals surface area contributed by atoms with Crippen LogP contribution in [-0.2, 0) is 89.2 Å². The lowest BCUT2D eigenvalue weighted by Gasteiger charge is -2.41. The van der Waals surface area contributed by atoms with Crippen LogP contribution in [0.3, 0.4) is 0 Å². The summed E-state index contributed by atoms with van der Waals surface area (Å²) in [6.07, 6.45) is 1.99. The number of primary amides is 1. The van der Waals surface area contributed by atoms with Gasteiger partial charge in [-0.25, -0.2) is 4.79 Å². The lowest BCUT2D eigenvalue weighted by atomic mass is 9.89. The summed E-state index contributed by atoms with van der Waals surface area (Å²) in [7, 11) is 8.44. The van der Waals surface area contributed by atoms with Crippen LogP contribution >= 0.6 is 31.9 Å². The van der Waals surface area contributed by atoms with Crippen molar-refractivity contribution in [1.82, 2.24) is 41.3 Å². The summed E-state index contributed by atoms with van der Waals surface area (Å²) in [5.74, 6) is -6.11. The van der Waals surface area contributed by atoms with E-state index in [1.165, 1.54) is 32.4 Å². The molecule has 0 aliphatic carbocycles. The number of nitrogens with zero attached hydrogens (tertiary/aromatic N) is 3. The van der Waals surface area contributed by atoms with E-state index in [1.54, 1.807) is 49.8 Å². The first-order chi connectivity index (χ1) is 54.3. The molecular weight excluding hydrogens is 1600 g/mol. The second-order valence-electron chi connectivity index (χ2n) is 30.1. The van der Waals surface area contributed by atoms with Gasteiger partial charge in [-0.2, -0.15) is 0 Å². The summed E-state index contributed by atoms with van der Waals surface area (Å²) in [6, 6.07) is 16.2. The Kier molecular flexibility index (Phi) is 45.6. The number of benzene rings is 3. The highest BCUT2D eigenvalue weighted by molar-refractivity contribution is 9.09. The number of nitrogens with one attached hydrogen (secondary N) is 8. The van der Waals surface area contributed by atoms with Crippen LogP contribution < -0.4 is 48.3 Å². The predicted molar refractivity (Wildman–Crippen MR) is 444 cm³/mol. The van der Waals surface area contributed by atoms with Crippen LogP contribution in [0.5, 0.6) is 0 Å². The van der Waals surface area contributed by atoms with Crippen molar-refractivity contribution >= 4 is 120 Å². The number of ketones is 2. The summed E-state index contributed by atoms with van der Waals surface area (Å²) < 4.78 is 34.4. The molecule has 11 amide bonds. The first kappa shape index (κ1) is 98.5. The van der Waals surface area contributed by atoms with Crippen molar-refractivity contribution in [3.63, 3.8) is 0 Å². The van der Waals surface area contributed by atoms with E-state index in [-0.39, 0.29) is 185 Å². The molecule has 11 atom stereocenters. The van der Waals surface area contributed by atoms with Gasteiger partial charge in [0.15, 0.2) is 11.6 Å². The molecular formula is C82H126Br2N12O18. The maximum Gasteiger partial charge on any atom is 0.312 e. The second kappa shape index (κ2) is 52.7. The Hall–Kier alpha value is -7.82. The Morgan fingerprint density at radius 1 is 0.605 bits per heavy atom. The average molecular weight is 1730 g/mol. The number of carbonyl (C=O) groups excluding carboxylic acids is 12. The van der Waals surface area contributed by atoms with Gasteiger partial charge in [0.25, 0.3) is 5.91 Å². The van der Waals surface area contributed by atoms with Gasteiger partial charge >= 0.3 is 6.03 Å². The molecule has 0 bridgehead atoms. The number of anilines is 3. The van der Waals surface area contributed by atoms with Crippen LogP contribution in [0.4, 0.5) is 21.9 Å². The van der Waals surface area contributed by atoms with Crippen LogP contribution in [0, 0.1) is 35.5 Å². The number of carbonyl (C=O) groups is 12. The molecule has 1 aliphatic rings. The Morgan fingerprint density at radius 2 is 1.22 bits per heavy atom. The first-order valence-electron chi connectivity index (χ1n) is 39.5. The number of hydrogen-bond acceptors (Lipinski definition) is 19. The number of hydrogen-bond donors (Lipinski definition) is 9. The van der Waals surface area contributed by atoms with Crippen LogP contribution in [0.2, 0.25) is 0 Å². The third-order valence-electron chi connectivity index (χ3n) is 20.2. The highest BCUT2D eigenvalue weighted by atomic mass is 79.9. The number of urea groups is 1. The molecule has 1 aliphatic heterocycles. The number of likely N-dealkylation sites (N-methyl/N-ethyl adjacent to an activating group) is 2. The van der Waals surface area contributed by atoms with Crippen LogP contribution in [0.15, 0.2) is 72.8 Å². The zero-order valence-corrected chi connectivity index (χ0v) is 72.2. The van der Waals surface area contributed by atoms with E-state index in [9.17, 15) is 57.5 Å². The van der Waals surface area contributed by atoms with Gasteiger partial charge in [0.2, 0.25) is 47.3 Å². The summed E-state index contributed by atoms with van der Waals surface area (Å²) in [5, 5.41) is 22.4. The number of halogens is 2. The van der Waals surface area contributed by atoms with E-state index in [4.69, 9.17) is 34.2 Å². The van der Waals surface area contributed by atoms with Crippen LogP contribution in [0.1, 0.15) is 142 Å². The summed E-state index contributed by atoms with van der Waals surface area (Å²) in [5.41, 5.74) is 8.36. The molecule has 636 valence electrons. The van der Waals surface area contributed by atoms with Gasteiger partial charge in [-0.05, 0) is 124 Å². The van der Waals surface area contributed by atoms with Crippen LogP contribution in [0.25, 0.3) is 0 Å². The van der Waals surface area contributed by atoms with Gasteiger partial charge in [-0.3, -0.25) is 57.6 Å². The molecule has 1 fully saturated rings. The van der Waals surface area contributed by atoms with Gasteiger partial charge < -0.3 is 86.5 Å². The molecule has 0 radical (unpaired) electrons. The molecule has 10 N–H and O–H groups in total. The Labute approximate surface area is 689 Å². The van der Waals surface area contributed by atoms with Crippen molar-refractivity contribution in [2.45, 2.75) is 181 Å². The molecule has 0 aromatic heterocycles. The lowest BCUT2D eigenvalue weighted by molar-refractivity contribution is -0.148. The Balaban J connectivity index is 1.27. The van der Waals surface area contributed by atoms with Crippen molar-refractivity contribution < 1.29 is 86.0 Å². The highest BCUT2D eigenvalue weighted by Crippen LogP contribution is 2.31. The quantitative estimate of drug-likeness (QED) is 0.0199. The van der Waals surface area contributed by atoms with E-state index < -0.39 is 90.0 Å². The standard InChI is InChI=1S/C82H126Br2N12O18/c1-15-54(8)75(95(12)81(107)73(52(4)5)93-80(106)74(53(6)7)94(10)11)67(109-13)47-71(102)96-36-21-26-64(96)76(110-14)55(9)77(103)91-63(44-57-22-17-16-18-23-57)65(97)27-19-24-56-28-31-60(32-29-56)88-79(105)58(25-20-34-87-82(85)108)46-66(98)72(51(2)3)92-70(101)50-114-43-42-113-41-40-112-39-38-111-37-35-86-78(104)59-30-33-61(89-68(99)48-83)62(45-59)90-69(100)49-84/h16-18,22-23,28-33,45,51-55,58,63-64,67,72-76H,15,19-21,24-27,34-44,46-50H2,1-14H3,(H,86,104)(H,88,105)(H,89,99)(H,90,100)(H,91,103)(H,92,101)(H,93,106)(H3,85,87,108)/t54-,55+,58-,63+,64-,67+,72-,73+,74-,75-,76+/m0/s1. The number of aryl methyl sites for hydroxylation is 1. The number of nitrogens with two attached hydrogens (primary N) is 1. The number of likely N-dealkylation sites (tertiary alicyclic amines) is 1. The third kappa shape index (κ3) is 33.8. The number of amides is 11. The molecule has 0 saturated carbocycles. The minimum atomic E-state index is -0.949. The molecule has 30 nitrogen and oxygen atoms in total. The molecule has 0 spiro atoms. The summed E-state index contributed by atoms with van der Waals surface area (Å²) >= 11 is 6.17. The summed E-state index contributed by atoms with van der Waals surface area (Å²) in [4.78, 5) is 166. The molecule has 0 unspecified atom stereocenters. The van der Waals surface area contributed by atoms with Crippen molar-refractivity contribution in [3.05, 3.63) is 89.5 Å². The van der Waals surface area contributed by atoms with Crippen molar-refractivity contribution in [1.29, 1.82) is 0 Å². The van der Waals surface area contributed by atoms with Gasteiger partial charge in [0.05, 0.1) is 123 Å². The van der Waals surface area contributed by atoms with E-state index in [0.717, 1.165) is 11.1 Å². The van der Waals surface area contributed by atoms with E-state index in [0.29, 0.717) is 56.4 Å². The molecule has 114 heavy (non-hydrogen) atoms. The molecule has 4 rings (SSSR count). The van der Waals surface area contributed by atoms with Crippen LogP contribution in [-0.4, -0.2) is 252 Å². The molecule has 1 heterocycles. The zero-order valence-electron chi connectivity index (χ0n) is 69.0. The molecule has 3 aromatic rings. The number of ether oxygens (including phenoxy) is 6. The van der Waals surface area contributed by atoms with Gasteiger partial charge in [0, 0.05) is 70.9 Å². The van der Waals surface area contributed by atoms with Gasteiger partial charge in [-0.1, -0.05) is 143 Å². The number of rotatable bonds is 55. The molecule has 3 aromatic carbocycles. The van der Waals surface area contributed by atoms with E-state index in [1.807, 2.05) is 103 Å². The third-order valence-corrected chi connectivity index (χ3v) is 21.2. The number of methoxy groups -OCH3 is 2. The minimum Gasteiger partial charge on any atom is -0.379 e. The predicted octanol–water partition coefficient (Wildman–Crippen LogP) is 7.22. The largest absolute Gasteiger partial charge is 0.379 e. The zero-order chi connectivity index (χ0) is 84.6. The monoisotopic (exact) mass is 1720 g/mol. The molecule has 1 saturated heterocycles. The topological polar surface area (TPSA) is 392 Å². The van der Waals surface area contributed by atoms with Gasteiger partial charge in [0.1, 0.15) is 12.6 Å². The second-order valence-corrected chi connectivity index (χ2v) is 31.2. The SMILES string of the molecule is CC[C@H](C)[C@@H]([C@@H](CC(=O)N1CCC[C@H]1[C@H](OC)[C@@H](C)C(=O)N[C@H](Cc1ccccc1)C(=O)CCCc1ccc(NC(=O)[C@@H](CCCNC(N)=O)CC(=O)[C@@H](NC(=O)COCCOCCOCCOCCNC(=O)c2ccc(NC(=O)CBr)c(NC(=O)CBr)c2)C(C)C)cc1)OC)N(C)C(=O)[C@H](NC(=O)[C@H](C(C)C)N(C)C)C(C)C. The maximum absolute atomic E-state index is 14.7. The number of alkyl halides is 2. The van der Waals surface area contributed by atoms with Gasteiger partial charge in [-0.15, -0.1) is 0 Å². The number of Topliss-reactive ketones (excluding diaryl/α,β-unsaturated/α-hetero) is 2.